The Bertz CT molecular complexity index is 994. The van der Waals surface area contributed by atoms with Crippen molar-refractivity contribution >= 4 is 17.5 Å². The minimum Gasteiger partial charge on any atom is -0.497 e. The fraction of sp³-hybridized carbons (Fsp3) is 0.391. The molecule has 1 unspecified atom stereocenters. The second kappa shape index (κ2) is 11.7. The Hall–Kier alpha value is -3.82. The highest BCUT2D eigenvalue weighted by Crippen LogP contribution is 2.30. The number of carbonyl (C=O) groups is 2. The second-order valence-corrected chi connectivity index (χ2v) is 7.59. The number of methoxy groups -OCH3 is 2. The molecular weight excluding hydrogens is 430 g/mol. The highest BCUT2D eigenvalue weighted by molar-refractivity contribution is 5.88. The van der Waals surface area contributed by atoms with E-state index in [0.717, 1.165) is 5.56 Å². The number of ether oxygens (including phenoxy) is 3. The molecule has 0 aliphatic rings. The van der Waals surface area contributed by atoms with Gasteiger partial charge in [-0.05, 0) is 44.5 Å². The molecule has 2 aromatic carbocycles. The van der Waals surface area contributed by atoms with E-state index in [4.69, 9.17) is 14.2 Å². The van der Waals surface area contributed by atoms with Crippen LogP contribution in [-0.2, 0) is 16.1 Å². The van der Waals surface area contributed by atoms with Crippen molar-refractivity contribution in [2.24, 2.45) is 0 Å². The normalized spacial score (nSPS) is 11.5. The lowest BCUT2D eigenvalue weighted by atomic mass is 10.1. The van der Waals surface area contributed by atoms with Crippen molar-refractivity contribution in [2.45, 2.75) is 39.4 Å². The van der Waals surface area contributed by atoms with Gasteiger partial charge in [0.25, 0.3) is 5.91 Å². The van der Waals surface area contributed by atoms with E-state index in [-0.39, 0.29) is 42.3 Å². The second-order valence-electron chi connectivity index (χ2n) is 7.59. The molecule has 0 heterocycles. The van der Waals surface area contributed by atoms with Crippen LogP contribution in [0.15, 0.2) is 42.5 Å². The Balaban J connectivity index is 2.21. The summed E-state index contributed by atoms with van der Waals surface area (Å²) in [5.41, 5.74) is 0.568. The maximum atomic E-state index is 13.1. The van der Waals surface area contributed by atoms with Crippen LogP contribution in [0.4, 0.5) is 5.69 Å². The van der Waals surface area contributed by atoms with Crippen LogP contribution in [0.25, 0.3) is 0 Å². The average molecular weight is 459 g/mol. The van der Waals surface area contributed by atoms with Gasteiger partial charge in [-0.25, -0.2) is 0 Å². The Kier molecular flexibility index (Phi) is 9.02. The Morgan fingerprint density at radius 1 is 1.06 bits per heavy atom. The number of rotatable bonds is 11. The van der Waals surface area contributed by atoms with Gasteiger partial charge in [-0.3, -0.25) is 19.7 Å². The summed E-state index contributed by atoms with van der Waals surface area (Å²) in [7, 11) is 2.86. The Morgan fingerprint density at radius 3 is 2.39 bits per heavy atom. The van der Waals surface area contributed by atoms with Gasteiger partial charge < -0.3 is 24.4 Å². The molecule has 0 spiro atoms. The molecule has 0 aliphatic carbocycles. The molecule has 0 aliphatic heterocycles. The smallest absolute Gasteiger partial charge is 0.311 e. The number of nitrogens with one attached hydrogen (secondary N) is 1. The minimum atomic E-state index is -0.763. The van der Waals surface area contributed by atoms with Gasteiger partial charge in [0.15, 0.2) is 6.61 Å². The van der Waals surface area contributed by atoms with E-state index in [1.165, 1.54) is 30.2 Å². The first-order valence-corrected chi connectivity index (χ1v) is 10.3. The first-order valence-electron chi connectivity index (χ1n) is 10.3. The topological polar surface area (TPSA) is 120 Å². The molecule has 2 aromatic rings. The molecule has 10 heteroatoms. The molecule has 178 valence electrons. The molecule has 0 saturated carbocycles. The molecular formula is C23H29N3O7. The lowest BCUT2D eigenvalue weighted by Crippen LogP contribution is -2.50. The highest BCUT2D eigenvalue weighted by atomic mass is 16.6. The van der Waals surface area contributed by atoms with Crippen LogP contribution in [0.3, 0.4) is 0 Å². The lowest BCUT2D eigenvalue weighted by Gasteiger charge is -2.29. The van der Waals surface area contributed by atoms with Crippen molar-refractivity contribution in [3.63, 3.8) is 0 Å². The maximum Gasteiger partial charge on any atom is 0.311 e. The Labute approximate surface area is 192 Å². The molecule has 0 radical (unpaired) electrons. The summed E-state index contributed by atoms with van der Waals surface area (Å²) < 4.78 is 15.8. The molecule has 33 heavy (non-hydrogen) atoms. The van der Waals surface area contributed by atoms with Crippen LogP contribution in [0.5, 0.6) is 17.2 Å². The maximum absolute atomic E-state index is 13.1. The van der Waals surface area contributed by atoms with Gasteiger partial charge in [-0.15, -0.1) is 0 Å². The molecule has 0 aromatic heterocycles. The number of amides is 2. The third-order valence-corrected chi connectivity index (χ3v) is 4.80. The van der Waals surface area contributed by atoms with Gasteiger partial charge in [-0.1, -0.05) is 12.1 Å². The molecule has 2 amide bonds. The number of nitro groups is 1. The molecule has 2 rings (SSSR count). The average Bonchev–Trinajstić information content (AvgIpc) is 2.79. The van der Waals surface area contributed by atoms with Crippen LogP contribution in [0, 0.1) is 10.1 Å². The van der Waals surface area contributed by atoms with Gasteiger partial charge in [0.05, 0.1) is 19.1 Å². The summed E-state index contributed by atoms with van der Waals surface area (Å²) in [4.78, 5) is 37.6. The van der Waals surface area contributed by atoms with Crippen molar-refractivity contribution < 1.29 is 28.7 Å². The molecule has 10 nitrogen and oxygen atoms in total. The van der Waals surface area contributed by atoms with E-state index >= 15 is 0 Å². The Morgan fingerprint density at radius 2 is 1.79 bits per heavy atom. The highest BCUT2D eigenvalue weighted by Gasteiger charge is 2.27. The van der Waals surface area contributed by atoms with Crippen LogP contribution in [-0.4, -0.2) is 54.5 Å². The van der Waals surface area contributed by atoms with E-state index < -0.39 is 16.9 Å². The zero-order chi connectivity index (χ0) is 24.5. The minimum absolute atomic E-state index is 0.0165. The van der Waals surface area contributed by atoms with Crippen LogP contribution in [0.2, 0.25) is 0 Å². The van der Waals surface area contributed by atoms with Gasteiger partial charge >= 0.3 is 5.69 Å². The summed E-state index contributed by atoms with van der Waals surface area (Å²) in [6.07, 6.45) is 0. The van der Waals surface area contributed by atoms with Crippen LogP contribution < -0.4 is 19.5 Å². The third kappa shape index (κ3) is 7.09. The van der Waals surface area contributed by atoms with Gasteiger partial charge in [-0.2, -0.15) is 0 Å². The number of hydrogen-bond acceptors (Lipinski definition) is 7. The van der Waals surface area contributed by atoms with Crippen molar-refractivity contribution in [1.82, 2.24) is 10.2 Å². The third-order valence-electron chi connectivity index (χ3n) is 4.80. The van der Waals surface area contributed by atoms with E-state index in [2.05, 4.69) is 5.32 Å². The van der Waals surface area contributed by atoms with Crippen LogP contribution in [0.1, 0.15) is 26.3 Å². The zero-order valence-corrected chi connectivity index (χ0v) is 19.4. The van der Waals surface area contributed by atoms with Crippen molar-refractivity contribution in [2.75, 3.05) is 20.8 Å². The van der Waals surface area contributed by atoms with Crippen molar-refractivity contribution in [3.8, 4) is 17.2 Å². The summed E-state index contributed by atoms with van der Waals surface area (Å²) >= 11 is 0. The largest absolute Gasteiger partial charge is 0.497 e. The van der Waals surface area contributed by atoms with E-state index in [1.807, 2.05) is 19.9 Å². The van der Waals surface area contributed by atoms with Crippen molar-refractivity contribution in [3.05, 3.63) is 58.1 Å². The standard InChI is InChI=1S/C23H29N3O7/c1-15(2)24-23(28)16(3)25(13-17-7-6-8-18(11-17)31-4)22(27)14-33-19-9-10-20(26(29)30)21(12-19)32-5/h6-12,15-16H,13-14H2,1-5H3,(H,24,28). The van der Waals surface area contributed by atoms with Crippen molar-refractivity contribution in [1.29, 1.82) is 0 Å². The lowest BCUT2D eigenvalue weighted by molar-refractivity contribution is -0.385. The quantitative estimate of drug-likeness (QED) is 0.405. The number of hydrogen-bond donors (Lipinski definition) is 1. The number of nitro benzene ring substituents is 1. The number of nitrogens with zero attached hydrogens (tertiary/aromatic N) is 2. The fourth-order valence-corrected chi connectivity index (χ4v) is 3.08. The fourth-order valence-electron chi connectivity index (χ4n) is 3.08. The number of benzene rings is 2. The van der Waals surface area contributed by atoms with E-state index in [9.17, 15) is 19.7 Å². The first-order chi connectivity index (χ1) is 15.7. The molecule has 0 fully saturated rings. The first kappa shape index (κ1) is 25.4. The zero-order valence-electron chi connectivity index (χ0n) is 19.4. The van der Waals surface area contributed by atoms with E-state index in [0.29, 0.717) is 5.75 Å². The summed E-state index contributed by atoms with van der Waals surface area (Å²) in [5.74, 6) is 0.155. The SMILES string of the molecule is COc1cccc(CN(C(=O)COc2ccc([N+](=O)[O-])c(OC)c2)C(C)C(=O)NC(C)C)c1. The predicted molar refractivity (Wildman–Crippen MR) is 121 cm³/mol. The van der Waals surface area contributed by atoms with Crippen LogP contribution >= 0.6 is 0 Å². The molecule has 0 bridgehead atoms. The summed E-state index contributed by atoms with van der Waals surface area (Å²) in [6.45, 7) is 5.11. The monoisotopic (exact) mass is 459 g/mol. The van der Waals surface area contributed by atoms with Gasteiger partial charge in [0, 0.05) is 24.7 Å². The molecule has 0 saturated heterocycles. The predicted octanol–water partition coefficient (Wildman–Crippen LogP) is 2.93. The molecule has 1 N–H and O–H groups in total. The summed E-state index contributed by atoms with van der Waals surface area (Å²) in [5, 5.41) is 13.9. The van der Waals surface area contributed by atoms with Gasteiger partial charge in [0.1, 0.15) is 17.5 Å². The van der Waals surface area contributed by atoms with E-state index in [1.54, 1.807) is 32.2 Å². The summed E-state index contributed by atoms with van der Waals surface area (Å²) in [6, 6.07) is 10.3. The molecule has 1 atom stereocenters. The number of carbonyl (C=O) groups excluding carboxylic acids is 2. The van der Waals surface area contributed by atoms with Gasteiger partial charge in [0.2, 0.25) is 11.7 Å².